The fraction of sp³-hybridized carbons (Fsp3) is 0.600. The highest BCUT2D eigenvalue weighted by molar-refractivity contribution is 7.09. The number of benzene rings is 1. The van der Waals surface area contributed by atoms with Crippen molar-refractivity contribution in [2.24, 2.45) is 16.7 Å². The smallest absolute Gasteiger partial charge is 0.226 e. The van der Waals surface area contributed by atoms with Gasteiger partial charge in [0.1, 0.15) is 6.23 Å². The van der Waals surface area contributed by atoms with Crippen LogP contribution in [0.2, 0.25) is 5.02 Å². The fourth-order valence-corrected chi connectivity index (χ4v) is 8.03. The molecule has 1 aliphatic carbocycles. The number of thiazole rings is 1. The summed E-state index contributed by atoms with van der Waals surface area (Å²) in [5, 5.41) is 20.8. The van der Waals surface area contributed by atoms with Crippen LogP contribution in [0.1, 0.15) is 79.0 Å². The zero-order valence-corrected chi connectivity index (χ0v) is 25.0. The third-order valence-electron chi connectivity index (χ3n) is 9.72. The van der Waals surface area contributed by atoms with Crippen LogP contribution in [-0.4, -0.2) is 75.4 Å². The first kappa shape index (κ1) is 27.5. The van der Waals surface area contributed by atoms with Crippen LogP contribution >= 0.6 is 22.9 Å². The highest BCUT2D eigenvalue weighted by Gasteiger charge is 2.61. The summed E-state index contributed by atoms with van der Waals surface area (Å²) in [6.45, 7) is 8.36. The van der Waals surface area contributed by atoms with Crippen molar-refractivity contribution in [2.75, 3.05) is 39.4 Å². The van der Waals surface area contributed by atoms with Crippen molar-refractivity contribution >= 4 is 28.8 Å². The molecule has 1 N–H and O–H groups in total. The molecule has 41 heavy (non-hydrogen) atoms. The van der Waals surface area contributed by atoms with E-state index in [0.717, 1.165) is 47.9 Å². The number of halogens is 1. The molecule has 0 radical (unpaired) electrons. The molecule has 3 atom stereocenters. The predicted octanol–water partition coefficient (Wildman–Crippen LogP) is 4.63. The van der Waals surface area contributed by atoms with Crippen molar-refractivity contribution in [3.8, 4) is 0 Å². The molecular weight excluding hydrogens is 562 g/mol. The molecule has 1 aromatic carbocycles. The maximum atomic E-state index is 13.1. The lowest BCUT2D eigenvalue weighted by Gasteiger charge is -2.50. The second-order valence-electron chi connectivity index (χ2n) is 13.0. The number of nitrogens with zero attached hydrogens (tertiary/aromatic N) is 5. The van der Waals surface area contributed by atoms with E-state index in [9.17, 15) is 9.90 Å². The Labute approximate surface area is 248 Å². The highest BCUT2D eigenvalue weighted by Crippen LogP contribution is 2.56. The number of hydrogen-bond acceptors (Lipinski definition) is 9. The second kappa shape index (κ2) is 10.4. The van der Waals surface area contributed by atoms with Crippen LogP contribution in [-0.2, 0) is 16.0 Å². The first-order valence-corrected chi connectivity index (χ1v) is 15.8. The number of aliphatic hydroxyl groups excluding tert-OH is 1. The average molecular weight is 598 g/mol. The van der Waals surface area contributed by atoms with Crippen molar-refractivity contribution in [1.82, 2.24) is 25.0 Å². The monoisotopic (exact) mass is 597 g/mol. The largest absolute Gasteiger partial charge is 0.425 e. The molecule has 7 rings (SSSR count). The van der Waals surface area contributed by atoms with Gasteiger partial charge in [-0.15, -0.1) is 21.5 Å². The van der Waals surface area contributed by atoms with Crippen molar-refractivity contribution in [3.05, 3.63) is 62.7 Å². The summed E-state index contributed by atoms with van der Waals surface area (Å²) in [6, 6.07) is 6.23. The maximum absolute atomic E-state index is 13.1. The average Bonchev–Trinajstić information content (AvgIpc) is 3.45. The number of likely N-dealkylation sites (tertiary alicyclic amines) is 2. The Morgan fingerprint density at radius 2 is 2.00 bits per heavy atom. The van der Waals surface area contributed by atoms with Crippen LogP contribution in [0.15, 0.2) is 34.3 Å². The van der Waals surface area contributed by atoms with Gasteiger partial charge < -0.3 is 19.2 Å². The Hall–Kier alpha value is -2.37. The van der Waals surface area contributed by atoms with Gasteiger partial charge in [-0.3, -0.25) is 14.7 Å². The van der Waals surface area contributed by atoms with Gasteiger partial charge in [0.05, 0.1) is 22.7 Å². The number of aromatic nitrogens is 3. The zero-order chi connectivity index (χ0) is 28.4. The first-order chi connectivity index (χ1) is 19.7. The summed E-state index contributed by atoms with van der Waals surface area (Å²) in [4.78, 5) is 22.1. The fourth-order valence-electron chi connectivity index (χ4n) is 7.04. The molecule has 9 nitrogen and oxygen atoms in total. The molecule has 11 heteroatoms. The Morgan fingerprint density at radius 1 is 1.22 bits per heavy atom. The van der Waals surface area contributed by atoms with Gasteiger partial charge in [-0.2, -0.15) is 0 Å². The topological polar surface area (TPSA) is 105 Å². The molecular formula is C30H36ClN5O4S. The van der Waals surface area contributed by atoms with Crippen LogP contribution in [0.3, 0.4) is 0 Å². The Kier molecular flexibility index (Phi) is 6.98. The van der Waals surface area contributed by atoms with E-state index in [4.69, 9.17) is 20.8 Å². The lowest BCUT2D eigenvalue weighted by atomic mass is 9.71. The maximum Gasteiger partial charge on any atom is 0.226 e. The molecule has 4 fully saturated rings. The Morgan fingerprint density at radius 3 is 2.68 bits per heavy atom. The minimum absolute atomic E-state index is 0.0814. The molecule has 2 unspecified atom stereocenters. The number of rotatable bonds is 7. The van der Waals surface area contributed by atoms with Crippen LogP contribution in [0.25, 0.3) is 0 Å². The number of ether oxygens (including phenoxy) is 1. The van der Waals surface area contributed by atoms with Gasteiger partial charge in [-0.25, -0.2) is 0 Å². The SMILES string of the molecule is CC1(C)C[C@@H]1C(=O)N1CC2(C1)CN(C(O)c1cncs1)CC2c1nnc(Cc2ccc(C3CCOCC3)c(Cl)c2)o1. The summed E-state index contributed by atoms with van der Waals surface area (Å²) in [7, 11) is 0. The van der Waals surface area contributed by atoms with Crippen molar-refractivity contribution in [3.63, 3.8) is 0 Å². The van der Waals surface area contributed by atoms with Gasteiger partial charge in [0.2, 0.25) is 17.7 Å². The minimum atomic E-state index is -0.754. The van der Waals surface area contributed by atoms with Gasteiger partial charge in [-0.1, -0.05) is 37.6 Å². The Bertz CT molecular complexity index is 1420. The molecule has 0 bridgehead atoms. The van der Waals surface area contributed by atoms with E-state index in [1.54, 1.807) is 11.7 Å². The van der Waals surface area contributed by atoms with E-state index in [-0.39, 0.29) is 28.6 Å². The molecule has 1 saturated carbocycles. The third-order valence-corrected chi connectivity index (χ3v) is 10.9. The number of hydrogen-bond donors (Lipinski definition) is 1. The van der Waals surface area contributed by atoms with Crippen LogP contribution in [0.5, 0.6) is 0 Å². The second-order valence-corrected chi connectivity index (χ2v) is 14.3. The number of aliphatic hydroxyl groups is 1. The molecule has 5 heterocycles. The summed E-state index contributed by atoms with van der Waals surface area (Å²) in [6.07, 6.45) is 4.38. The molecule has 3 aromatic rings. The summed E-state index contributed by atoms with van der Waals surface area (Å²) in [5.41, 5.74) is 3.79. The van der Waals surface area contributed by atoms with E-state index in [1.807, 2.05) is 11.0 Å². The van der Waals surface area contributed by atoms with Crippen LogP contribution in [0.4, 0.5) is 0 Å². The van der Waals surface area contributed by atoms with Gasteiger partial charge in [0, 0.05) is 61.9 Å². The molecule has 1 spiro atoms. The predicted molar refractivity (Wildman–Crippen MR) is 154 cm³/mol. The highest BCUT2D eigenvalue weighted by atomic mass is 35.5. The lowest BCUT2D eigenvalue weighted by molar-refractivity contribution is -0.146. The van der Waals surface area contributed by atoms with E-state index < -0.39 is 6.23 Å². The standard InChI is InChI=1S/C30H36ClN5O4S/c1-29(2)11-21(29)27(37)36-15-30(16-36)14-35(28(38)24-12-32-17-41-24)13-22(30)26-34-33-25(40-26)10-18-3-4-20(23(31)9-18)19-5-7-39-8-6-19/h3-4,9,12,17,19,21-22,28,38H,5-8,10-11,13-16H2,1-2H3/t21-,22?,28?/m1/s1. The molecule has 2 aromatic heterocycles. The van der Waals surface area contributed by atoms with Crippen molar-refractivity contribution < 1.29 is 19.1 Å². The van der Waals surface area contributed by atoms with E-state index in [2.05, 4.69) is 46.1 Å². The zero-order valence-electron chi connectivity index (χ0n) is 23.5. The summed E-state index contributed by atoms with van der Waals surface area (Å²) >= 11 is 8.14. The van der Waals surface area contributed by atoms with Crippen molar-refractivity contribution in [1.29, 1.82) is 0 Å². The van der Waals surface area contributed by atoms with Gasteiger partial charge in [0.15, 0.2) is 0 Å². The van der Waals surface area contributed by atoms with Gasteiger partial charge >= 0.3 is 0 Å². The number of amides is 1. The number of carbonyl (C=O) groups excluding carboxylic acids is 1. The van der Waals surface area contributed by atoms with E-state index >= 15 is 0 Å². The minimum Gasteiger partial charge on any atom is -0.425 e. The molecule has 1 amide bonds. The molecule has 218 valence electrons. The van der Waals surface area contributed by atoms with Gasteiger partial charge in [0.25, 0.3) is 0 Å². The Balaban J connectivity index is 1.08. The van der Waals surface area contributed by atoms with Crippen molar-refractivity contribution in [2.45, 2.75) is 57.6 Å². The summed E-state index contributed by atoms with van der Waals surface area (Å²) in [5.74, 6) is 1.82. The van der Waals surface area contributed by atoms with E-state index in [1.165, 1.54) is 16.9 Å². The van der Waals surface area contributed by atoms with Gasteiger partial charge in [-0.05, 0) is 47.8 Å². The quantitative estimate of drug-likeness (QED) is 0.420. The summed E-state index contributed by atoms with van der Waals surface area (Å²) < 4.78 is 11.8. The van der Waals surface area contributed by atoms with E-state index in [0.29, 0.717) is 50.3 Å². The number of carbonyl (C=O) groups is 1. The molecule has 4 aliphatic rings. The molecule has 3 aliphatic heterocycles. The van der Waals surface area contributed by atoms with Crippen LogP contribution < -0.4 is 0 Å². The molecule has 3 saturated heterocycles. The lowest BCUT2D eigenvalue weighted by Crippen LogP contribution is -2.62. The third kappa shape index (κ3) is 5.12. The first-order valence-electron chi connectivity index (χ1n) is 14.5. The normalized spacial score (nSPS) is 26.3. The van der Waals surface area contributed by atoms with Crippen LogP contribution in [0, 0.1) is 16.7 Å².